The van der Waals surface area contributed by atoms with E-state index in [1.165, 1.54) is 28.8 Å². The molecule has 4 heterocycles. The Morgan fingerprint density at radius 2 is 1.90 bits per heavy atom. The monoisotopic (exact) mass is 426 g/mol. The lowest BCUT2D eigenvalue weighted by molar-refractivity contribution is 0.0241. The fourth-order valence-electron chi connectivity index (χ4n) is 5.48. The fourth-order valence-corrected chi connectivity index (χ4v) is 5.66. The van der Waals surface area contributed by atoms with Gasteiger partial charge in [0.05, 0.1) is 11.8 Å². The first-order chi connectivity index (χ1) is 14.4. The van der Waals surface area contributed by atoms with Crippen molar-refractivity contribution in [3.63, 3.8) is 0 Å². The highest BCUT2D eigenvalue weighted by Gasteiger charge is 2.47. The van der Waals surface area contributed by atoms with E-state index < -0.39 is 0 Å². The van der Waals surface area contributed by atoms with Crippen molar-refractivity contribution in [1.82, 2.24) is 9.97 Å². The largest absolute Gasteiger partial charge is 0.381 e. The number of aryl methyl sites for hydroxylation is 1. The van der Waals surface area contributed by atoms with Crippen molar-refractivity contribution in [3.8, 4) is 0 Å². The van der Waals surface area contributed by atoms with Crippen molar-refractivity contribution in [2.45, 2.75) is 77.1 Å². The van der Waals surface area contributed by atoms with E-state index in [-0.39, 0.29) is 0 Å². The van der Waals surface area contributed by atoms with Gasteiger partial charge < -0.3 is 14.5 Å². The Morgan fingerprint density at radius 3 is 2.60 bits per heavy atom. The molecule has 0 N–H and O–H groups in total. The van der Waals surface area contributed by atoms with E-state index in [9.17, 15) is 0 Å². The summed E-state index contributed by atoms with van der Waals surface area (Å²) >= 11 is 6.37. The van der Waals surface area contributed by atoms with Gasteiger partial charge in [-0.15, -0.1) is 0 Å². The van der Waals surface area contributed by atoms with Gasteiger partial charge in [0, 0.05) is 50.0 Å². The lowest BCUT2D eigenvalue weighted by Gasteiger charge is -2.56. The summed E-state index contributed by atoms with van der Waals surface area (Å²) in [5, 5.41) is 0.378. The van der Waals surface area contributed by atoms with Crippen LogP contribution in [-0.2, 0) is 17.7 Å². The van der Waals surface area contributed by atoms with Gasteiger partial charge in [-0.05, 0) is 60.9 Å². The van der Waals surface area contributed by atoms with Gasteiger partial charge in [0.2, 0.25) is 5.28 Å². The van der Waals surface area contributed by atoms with Crippen LogP contribution in [-0.4, -0.2) is 41.8 Å². The predicted molar refractivity (Wildman–Crippen MR) is 122 cm³/mol. The molecule has 1 aliphatic carbocycles. The van der Waals surface area contributed by atoms with Crippen molar-refractivity contribution >= 4 is 23.1 Å². The zero-order valence-corrected chi connectivity index (χ0v) is 19.1. The molecular weight excluding hydrogens is 396 g/mol. The van der Waals surface area contributed by atoms with E-state index in [4.69, 9.17) is 21.3 Å². The van der Waals surface area contributed by atoms with Crippen molar-refractivity contribution in [3.05, 3.63) is 45.9 Å². The van der Waals surface area contributed by atoms with Crippen LogP contribution in [0.2, 0.25) is 5.28 Å². The van der Waals surface area contributed by atoms with E-state index in [1.54, 1.807) is 0 Å². The van der Waals surface area contributed by atoms with Crippen molar-refractivity contribution in [2.75, 3.05) is 23.5 Å². The number of piperidine rings is 1. The Hall–Kier alpha value is -1.85. The molecule has 0 unspecified atom stereocenters. The molecule has 30 heavy (non-hydrogen) atoms. The van der Waals surface area contributed by atoms with E-state index in [0.29, 0.717) is 29.4 Å². The summed E-state index contributed by atoms with van der Waals surface area (Å²) in [5.41, 5.74) is 6.41. The first-order valence-corrected chi connectivity index (χ1v) is 11.5. The van der Waals surface area contributed by atoms with Crippen LogP contribution in [0.3, 0.4) is 0 Å². The lowest BCUT2D eigenvalue weighted by atomic mass is 9.77. The number of hydrogen-bond acceptors (Lipinski definition) is 5. The number of benzene rings is 1. The summed E-state index contributed by atoms with van der Waals surface area (Å²) in [6, 6.07) is 7.88. The molecule has 3 fully saturated rings. The number of hydrogen-bond donors (Lipinski definition) is 0. The van der Waals surface area contributed by atoms with Crippen LogP contribution in [0.5, 0.6) is 0 Å². The number of nitrogens with zero attached hydrogens (tertiary/aromatic N) is 4. The highest BCUT2D eigenvalue weighted by atomic mass is 35.5. The third-order valence-corrected chi connectivity index (χ3v) is 7.40. The number of halogens is 1. The minimum atomic E-state index is 0.371. The summed E-state index contributed by atoms with van der Waals surface area (Å²) in [6.45, 7) is 8.52. The van der Waals surface area contributed by atoms with E-state index >= 15 is 0 Å². The van der Waals surface area contributed by atoms with Gasteiger partial charge in [0.25, 0.3) is 0 Å². The van der Waals surface area contributed by atoms with E-state index in [0.717, 1.165) is 43.9 Å². The fraction of sp³-hybridized carbons (Fsp3) is 0.583. The molecule has 2 aromatic rings. The average Bonchev–Trinajstić information content (AvgIpc) is 2.73. The Balaban J connectivity index is 1.48. The molecule has 1 saturated carbocycles. The Morgan fingerprint density at radius 1 is 1.13 bits per heavy atom. The Labute approximate surface area is 184 Å². The molecule has 3 atom stereocenters. The minimum Gasteiger partial charge on any atom is -0.381 e. The lowest BCUT2D eigenvalue weighted by Crippen LogP contribution is -2.63. The Bertz CT molecular complexity index is 950. The number of fused-ring (bicyclic) bond motifs is 3. The predicted octanol–water partition coefficient (Wildman–Crippen LogP) is 4.88. The number of anilines is 2. The molecule has 6 rings (SSSR count). The second-order valence-corrected chi connectivity index (χ2v) is 9.73. The zero-order chi connectivity index (χ0) is 21.0. The molecular formula is C24H31ClN4O. The van der Waals surface area contributed by atoms with Gasteiger partial charge in [-0.3, -0.25) is 0 Å². The SMILES string of the molecule is CO[C@@H]1C[C@@H]2C[C@H](C1)N2c1nc(Cl)nc2c1CN(c1cc(C(C)C)ccc1C)CC2. The second kappa shape index (κ2) is 7.69. The van der Waals surface area contributed by atoms with Crippen LogP contribution in [0.25, 0.3) is 0 Å². The molecule has 5 nitrogen and oxygen atoms in total. The van der Waals surface area contributed by atoms with Crippen LogP contribution in [0.15, 0.2) is 18.2 Å². The molecule has 4 aliphatic rings. The first kappa shape index (κ1) is 20.1. The number of ether oxygens (including phenoxy) is 1. The van der Waals surface area contributed by atoms with Crippen LogP contribution in [0.4, 0.5) is 11.5 Å². The first-order valence-electron chi connectivity index (χ1n) is 11.2. The quantitative estimate of drug-likeness (QED) is 0.651. The molecule has 1 aromatic heterocycles. The normalized spacial score (nSPS) is 25.3. The van der Waals surface area contributed by atoms with Gasteiger partial charge in [-0.25, -0.2) is 9.97 Å². The van der Waals surface area contributed by atoms with Gasteiger partial charge in [0.1, 0.15) is 5.82 Å². The smallest absolute Gasteiger partial charge is 0.224 e. The molecule has 0 spiro atoms. The number of methoxy groups -OCH3 is 1. The summed E-state index contributed by atoms with van der Waals surface area (Å²) in [6.07, 6.45) is 4.65. The number of aromatic nitrogens is 2. The van der Waals surface area contributed by atoms with Crippen molar-refractivity contribution < 1.29 is 4.74 Å². The van der Waals surface area contributed by atoms with Crippen LogP contribution in [0.1, 0.15) is 61.4 Å². The molecule has 3 aliphatic heterocycles. The maximum Gasteiger partial charge on any atom is 0.224 e. The molecule has 2 saturated heterocycles. The van der Waals surface area contributed by atoms with Crippen LogP contribution >= 0.6 is 11.6 Å². The maximum absolute atomic E-state index is 6.37. The average molecular weight is 427 g/mol. The molecule has 0 amide bonds. The summed E-state index contributed by atoms with van der Waals surface area (Å²) in [7, 11) is 1.83. The second-order valence-electron chi connectivity index (χ2n) is 9.39. The van der Waals surface area contributed by atoms with Crippen molar-refractivity contribution in [1.29, 1.82) is 0 Å². The minimum absolute atomic E-state index is 0.371. The Kier molecular flexibility index (Phi) is 5.14. The topological polar surface area (TPSA) is 41.5 Å². The van der Waals surface area contributed by atoms with Gasteiger partial charge >= 0.3 is 0 Å². The van der Waals surface area contributed by atoms with E-state index in [1.807, 2.05) is 7.11 Å². The van der Waals surface area contributed by atoms with Gasteiger partial charge in [-0.1, -0.05) is 26.0 Å². The maximum atomic E-state index is 6.37. The summed E-state index contributed by atoms with van der Waals surface area (Å²) in [4.78, 5) is 14.4. The highest BCUT2D eigenvalue weighted by Crippen LogP contribution is 2.44. The van der Waals surface area contributed by atoms with Crippen LogP contribution in [0, 0.1) is 6.92 Å². The van der Waals surface area contributed by atoms with Gasteiger partial charge in [0.15, 0.2) is 0 Å². The molecule has 2 bridgehead atoms. The third kappa shape index (κ3) is 3.36. The summed E-state index contributed by atoms with van der Waals surface area (Å²) in [5.74, 6) is 1.58. The number of rotatable bonds is 4. The standard InChI is InChI=1S/C24H31ClN4O/c1-14(2)16-6-5-15(3)22(9-16)28-8-7-21-20(13-28)23(27-24(25)26-21)29-17-10-18(29)12-19(11-17)30-4/h5-6,9,14,17-19H,7-8,10-13H2,1-4H3/t17-,18+,19+. The third-order valence-electron chi connectivity index (χ3n) is 7.23. The zero-order valence-electron chi connectivity index (χ0n) is 18.4. The molecule has 1 aromatic carbocycles. The molecule has 160 valence electrons. The highest BCUT2D eigenvalue weighted by molar-refractivity contribution is 6.28. The van der Waals surface area contributed by atoms with E-state index in [2.05, 4.69) is 53.8 Å². The summed E-state index contributed by atoms with van der Waals surface area (Å²) < 4.78 is 5.64. The molecule has 0 radical (unpaired) electrons. The van der Waals surface area contributed by atoms with Crippen molar-refractivity contribution in [2.24, 2.45) is 0 Å². The molecule has 6 heteroatoms. The van der Waals surface area contributed by atoms with Crippen LogP contribution < -0.4 is 9.80 Å². The van der Waals surface area contributed by atoms with Gasteiger partial charge in [-0.2, -0.15) is 0 Å².